The van der Waals surface area contributed by atoms with Crippen LogP contribution in [0.25, 0.3) is 0 Å². The highest BCUT2D eigenvalue weighted by molar-refractivity contribution is 5.99. The van der Waals surface area contributed by atoms with Crippen LogP contribution in [-0.4, -0.2) is 48.3 Å². The lowest BCUT2D eigenvalue weighted by Gasteiger charge is -2.36. The van der Waals surface area contributed by atoms with Crippen molar-refractivity contribution in [2.75, 3.05) is 24.5 Å². The molecule has 0 bridgehead atoms. The molecule has 0 radical (unpaired) electrons. The van der Waals surface area contributed by atoms with Crippen LogP contribution in [0.1, 0.15) is 54.4 Å². The quantitative estimate of drug-likeness (QED) is 0.776. The molecule has 2 atom stereocenters. The van der Waals surface area contributed by atoms with Crippen molar-refractivity contribution in [2.45, 2.75) is 51.0 Å². The molecule has 0 spiro atoms. The molecular weight excluding hydrogens is 418 g/mol. The van der Waals surface area contributed by atoms with Crippen molar-refractivity contribution in [3.63, 3.8) is 0 Å². The fraction of sp³-hybridized carbons (Fsp3) is 0.500. The number of rotatable bonds is 4. The van der Waals surface area contributed by atoms with Crippen molar-refractivity contribution in [3.8, 4) is 0 Å². The van der Waals surface area contributed by atoms with Gasteiger partial charge in [0.05, 0.1) is 17.7 Å². The van der Waals surface area contributed by atoms with Crippen LogP contribution in [0.3, 0.4) is 0 Å². The van der Waals surface area contributed by atoms with Gasteiger partial charge in [0.1, 0.15) is 6.26 Å². The number of piperidine rings is 1. The summed E-state index contributed by atoms with van der Waals surface area (Å²) in [4.78, 5) is 43.0. The van der Waals surface area contributed by atoms with E-state index >= 15 is 0 Å². The summed E-state index contributed by atoms with van der Waals surface area (Å²) in [5, 5.41) is 3.21. The minimum atomic E-state index is -0.274. The maximum absolute atomic E-state index is 13.5. The molecule has 5 rings (SSSR count). The Labute approximate surface area is 194 Å². The average molecular weight is 450 g/mol. The molecule has 1 aliphatic carbocycles. The van der Waals surface area contributed by atoms with Crippen LogP contribution in [0.4, 0.5) is 5.69 Å². The Hall–Kier alpha value is -3.09. The van der Waals surface area contributed by atoms with E-state index in [1.54, 1.807) is 6.07 Å². The molecule has 3 aliphatic rings. The number of nitrogens with one attached hydrogen (secondary N) is 1. The first-order valence-electron chi connectivity index (χ1n) is 12.1. The zero-order valence-corrected chi connectivity index (χ0v) is 18.9. The summed E-state index contributed by atoms with van der Waals surface area (Å²) in [6, 6.07) is 9.79. The molecule has 174 valence electrons. The number of furan rings is 1. The molecule has 33 heavy (non-hydrogen) atoms. The van der Waals surface area contributed by atoms with E-state index in [4.69, 9.17) is 4.42 Å². The Balaban J connectivity index is 1.19. The number of amides is 3. The number of likely N-dealkylation sites (tertiary alicyclic amines) is 1. The second-order valence-corrected chi connectivity index (χ2v) is 9.45. The van der Waals surface area contributed by atoms with Gasteiger partial charge in [-0.25, -0.2) is 0 Å². The first kappa shape index (κ1) is 21.7. The summed E-state index contributed by atoms with van der Waals surface area (Å²) in [5.41, 5.74) is 2.77. The Morgan fingerprint density at radius 3 is 2.42 bits per heavy atom. The topological polar surface area (TPSA) is 82.9 Å². The highest BCUT2D eigenvalue weighted by atomic mass is 16.3. The van der Waals surface area contributed by atoms with E-state index in [2.05, 4.69) is 11.4 Å². The van der Waals surface area contributed by atoms with Gasteiger partial charge in [0.15, 0.2) is 0 Å². The molecule has 1 aromatic carbocycles. The molecule has 2 aromatic rings. The van der Waals surface area contributed by atoms with Crippen LogP contribution in [0, 0.1) is 11.8 Å². The molecule has 7 nitrogen and oxygen atoms in total. The second-order valence-electron chi connectivity index (χ2n) is 9.45. The second kappa shape index (κ2) is 9.41. The van der Waals surface area contributed by atoms with Crippen LogP contribution in [0.5, 0.6) is 0 Å². The third-order valence-corrected chi connectivity index (χ3v) is 7.47. The predicted octanol–water partition coefficient (Wildman–Crippen LogP) is 3.40. The molecule has 3 heterocycles. The summed E-state index contributed by atoms with van der Waals surface area (Å²) < 4.78 is 5.02. The summed E-state index contributed by atoms with van der Waals surface area (Å²) in [6.45, 7) is 1.91. The van der Waals surface area contributed by atoms with E-state index < -0.39 is 0 Å². The minimum absolute atomic E-state index is 0.000133. The Kier molecular flexibility index (Phi) is 6.20. The third kappa shape index (κ3) is 4.41. The lowest BCUT2D eigenvalue weighted by Crippen LogP contribution is -2.50. The van der Waals surface area contributed by atoms with Crippen molar-refractivity contribution in [3.05, 3.63) is 54.0 Å². The average Bonchev–Trinajstić information content (AvgIpc) is 3.54. The van der Waals surface area contributed by atoms with Crippen LogP contribution < -0.4 is 10.2 Å². The Morgan fingerprint density at radius 1 is 0.909 bits per heavy atom. The Bertz CT molecular complexity index is 1010. The zero-order chi connectivity index (χ0) is 22.8. The zero-order valence-electron chi connectivity index (χ0n) is 18.9. The lowest BCUT2D eigenvalue weighted by atomic mass is 9.77. The number of nitrogens with zero attached hydrogens (tertiary/aromatic N) is 2. The summed E-state index contributed by atoms with van der Waals surface area (Å²) >= 11 is 0. The van der Waals surface area contributed by atoms with Crippen LogP contribution in [0.15, 0.2) is 47.3 Å². The number of anilines is 1. The van der Waals surface area contributed by atoms with Gasteiger partial charge in [-0.15, -0.1) is 0 Å². The number of carbonyl (C=O) groups is 3. The van der Waals surface area contributed by atoms with E-state index in [0.717, 1.165) is 50.6 Å². The number of carbonyl (C=O) groups excluding carboxylic acids is 3. The van der Waals surface area contributed by atoms with Crippen molar-refractivity contribution >= 4 is 23.4 Å². The summed E-state index contributed by atoms with van der Waals surface area (Å²) in [6.07, 6.45) is 8.79. The van der Waals surface area contributed by atoms with Gasteiger partial charge in [0, 0.05) is 37.3 Å². The van der Waals surface area contributed by atoms with E-state index in [9.17, 15) is 14.4 Å². The fourth-order valence-electron chi connectivity index (χ4n) is 5.61. The monoisotopic (exact) mass is 449 g/mol. The normalized spacial score (nSPS) is 23.3. The van der Waals surface area contributed by atoms with Gasteiger partial charge < -0.3 is 19.5 Å². The molecule has 2 unspecified atom stereocenters. The summed E-state index contributed by atoms with van der Waals surface area (Å²) in [7, 11) is 0. The molecule has 1 N–H and O–H groups in total. The smallest absolute Gasteiger partial charge is 0.257 e. The maximum Gasteiger partial charge on any atom is 0.257 e. The molecule has 1 saturated carbocycles. The van der Waals surface area contributed by atoms with Crippen LogP contribution in [-0.2, 0) is 16.0 Å². The molecule has 2 aliphatic heterocycles. The van der Waals surface area contributed by atoms with Gasteiger partial charge in [-0.2, -0.15) is 0 Å². The number of hydrogen-bond acceptors (Lipinski definition) is 4. The van der Waals surface area contributed by atoms with Gasteiger partial charge in [-0.1, -0.05) is 31.0 Å². The van der Waals surface area contributed by atoms with E-state index in [1.165, 1.54) is 18.1 Å². The van der Waals surface area contributed by atoms with Gasteiger partial charge in [-0.05, 0) is 49.8 Å². The first-order chi connectivity index (χ1) is 16.1. The summed E-state index contributed by atoms with van der Waals surface area (Å²) in [5.74, 6) is -0.463. The number of para-hydroxylation sites is 1. The molecule has 2 fully saturated rings. The number of benzene rings is 1. The van der Waals surface area contributed by atoms with E-state index in [0.29, 0.717) is 25.2 Å². The van der Waals surface area contributed by atoms with Crippen molar-refractivity contribution < 1.29 is 18.8 Å². The molecule has 1 aromatic heterocycles. The first-order valence-corrected chi connectivity index (χ1v) is 12.1. The third-order valence-electron chi connectivity index (χ3n) is 7.47. The maximum atomic E-state index is 13.5. The van der Waals surface area contributed by atoms with Gasteiger partial charge in [-0.3, -0.25) is 14.4 Å². The lowest BCUT2D eigenvalue weighted by molar-refractivity contribution is -0.135. The number of hydrogen-bond donors (Lipinski definition) is 1. The van der Waals surface area contributed by atoms with Crippen molar-refractivity contribution in [1.29, 1.82) is 0 Å². The number of fused-ring (bicyclic) bond motifs is 1. The van der Waals surface area contributed by atoms with Crippen molar-refractivity contribution in [1.82, 2.24) is 10.2 Å². The minimum Gasteiger partial charge on any atom is -0.472 e. The molecule has 3 amide bonds. The van der Waals surface area contributed by atoms with Crippen molar-refractivity contribution in [2.24, 2.45) is 11.8 Å². The van der Waals surface area contributed by atoms with E-state index in [1.807, 2.05) is 28.0 Å². The highest BCUT2D eigenvalue weighted by Gasteiger charge is 2.40. The SMILES string of the molecule is O=C(NC1CCN(C(=O)c2ccoc2)CC1)C1CCCCC1C(=O)N1CCc2ccccc21. The molecular formula is C26H31N3O4. The van der Waals surface area contributed by atoms with Gasteiger partial charge >= 0.3 is 0 Å². The largest absolute Gasteiger partial charge is 0.472 e. The fourth-order valence-corrected chi connectivity index (χ4v) is 5.61. The van der Waals surface area contributed by atoms with Crippen LogP contribution in [0.2, 0.25) is 0 Å². The van der Waals surface area contributed by atoms with Crippen LogP contribution >= 0.6 is 0 Å². The standard InChI is InChI=1S/C26H31N3O4/c30-24(27-20-10-13-28(14-11-20)25(31)19-12-16-33-17-19)21-6-2-3-7-22(21)26(32)29-15-9-18-5-1-4-8-23(18)29/h1,4-5,8,12,16-17,20-22H,2-3,6-7,9-11,13-15H2,(H,27,30). The van der Waals surface area contributed by atoms with Gasteiger partial charge in [0.2, 0.25) is 11.8 Å². The predicted molar refractivity (Wildman–Crippen MR) is 124 cm³/mol. The molecule has 7 heteroatoms. The van der Waals surface area contributed by atoms with E-state index in [-0.39, 0.29) is 35.6 Å². The highest BCUT2D eigenvalue weighted by Crippen LogP contribution is 2.36. The Morgan fingerprint density at radius 2 is 1.67 bits per heavy atom. The molecule has 1 saturated heterocycles. The van der Waals surface area contributed by atoms with Gasteiger partial charge in [0.25, 0.3) is 5.91 Å².